The van der Waals surface area contributed by atoms with Crippen molar-refractivity contribution >= 4 is 11.9 Å². The van der Waals surface area contributed by atoms with Gasteiger partial charge < -0.3 is 40.6 Å². The molecule has 1 aliphatic heterocycles. The van der Waals surface area contributed by atoms with Crippen molar-refractivity contribution in [2.45, 2.75) is 19.1 Å². The first kappa shape index (κ1) is 33.6. The van der Waals surface area contributed by atoms with Crippen LogP contribution in [-0.4, -0.2) is 166 Å². The minimum Gasteiger partial charge on any atom is -0.480 e. The first-order valence-electron chi connectivity index (χ1n) is 13.1. The van der Waals surface area contributed by atoms with Crippen LogP contribution < -0.4 is 16.4 Å². The maximum atomic E-state index is 11.3. The fourth-order valence-electron chi connectivity index (χ4n) is 3.72. The van der Waals surface area contributed by atoms with Crippen LogP contribution in [0.3, 0.4) is 0 Å². The standard InChI is InChI=1S/C23H48N6O8/c24-3-1-11-35-13-15-37-16-14-36-12-2-4-26-21(30)17-29-10-9-27(18-22(31)32)7-5-25-6-8-28(20-29)19-23(33)34/h21,25-26,30H,1-20,24H2,(H,31,32)(H,33,34). The van der Waals surface area contributed by atoms with Gasteiger partial charge in [-0.3, -0.25) is 29.6 Å². The number of hydrogen-bond donors (Lipinski definition) is 6. The van der Waals surface area contributed by atoms with E-state index in [1.165, 1.54) is 0 Å². The number of hydrogen-bond acceptors (Lipinski definition) is 12. The smallest absolute Gasteiger partial charge is 0.317 e. The van der Waals surface area contributed by atoms with Gasteiger partial charge in [-0.05, 0) is 25.9 Å². The Labute approximate surface area is 220 Å². The van der Waals surface area contributed by atoms with E-state index in [1.807, 2.05) is 9.80 Å². The van der Waals surface area contributed by atoms with Gasteiger partial charge in [0.25, 0.3) is 0 Å². The molecule has 0 aromatic rings. The lowest BCUT2D eigenvalue weighted by Crippen LogP contribution is -2.49. The normalized spacial score (nSPS) is 17.9. The van der Waals surface area contributed by atoms with Crippen LogP contribution in [-0.2, 0) is 23.8 Å². The number of β-amino-alcohol motifs (C(OH)–C–C–N with tert-alkyl or cyclic N) is 1. The van der Waals surface area contributed by atoms with Gasteiger partial charge in [0.05, 0.1) is 46.2 Å². The lowest BCUT2D eigenvalue weighted by Gasteiger charge is -2.32. The molecule has 1 atom stereocenters. The van der Waals surface area contributed by atoms with Crippen LogP contribution in [0, 0.1) is 0 Å². The zero-order chi connectivity index (χ0) is 27.1. The summed E-state index contributed by atoms with van der Waals surface area (Å²) >= 11 is 0. The zero-order valence-corrected chi connectivity index (χ0v) is 22.0. The Morgan fingerprint density at radius 2 is 1.35 bits per heavy atom. The number of aliphatic hydroxyl groups excluding tert-OH is 1. The van der Waals surface area contributed by atoms with Gasteiger partial charge in [0, 0.05) is 59.0 Å². The van der Waals surface area contributed by atoms with E-state index in [0.29, 0.717) is 105 Å². The summed E-state index contributed by atoms with van der Waals surface area (Å²) in [4.78, 5) is 28.1. The van der Waals surface area contributed by atoms with E-state index in [0.717, 1.165) is 6.42 Å². The Hall–Kier alpha value is -1.46. The number of rotatable bonds is 20. The fourth-order valence-corrected chi connectivity index (χ4v) is 3.72. The third-order valence-electron chi connectivity index (χ3n) is 5.57. The molecule has 37 heavy (non-hydrogen) atoms. The Balaban J connectivity index is 2.32. The van der Waals surface area contributed by atoms with Crippen LogP contribution in [0.1, 0.15) is 12.8 Å². The van der Waals surface area contributed by atoms with E-state index in [4.69, 9.17) is 19.9 Å². The average Bonchev–Trinajstić information content (AvgIpc) is 2.87. The second kappa shape index (κ2) is 22.5. The van der Waals surface area contributed by atoms with Crippen molar-refractivity contribution < 1.29 is 39.1 Å². The highest BCUT2D eigenvalue weighted by Crippen LogP contribution is 2.00. The number of carboxylic acid groups (broad SMARTS) is 2. The summed E-state index contributed by atoms with van der Waals surface area (Å²) in [6, 6.07) is 0. The average molecular weight is 537 g/mol. The summed E-state index contributed by atoms with van der Waals surface area (Å²) in [6.45, 7) is 8.19. The summed E-state index contributed by atoms with van der Waals surface area (Å²) in [5.74, 6) is -1.81. The second-order valence-electron chi connectivity index (χ2n) is 8.89. The fraction of sp³-hybridized carbons (Fsp3) is 0.913. The highest BCUT2D eigenvalue weighted by Gasteiger charge is 2.20. The van der Waals surface area contributed by atoms with Crippen LogP contribution in [0.4, 0.5) is 0 Å². The SMILES string of the molecule is NCCCOCCOCCOCCCNC(O)CN1CCN(CC(=O)O)CCNCCN(CC(=O)O)C1. The Kier molecular flexibility index (Phi) is 20.4. The highest BCUT2D eigenvalue weighted by molar-refractivity contribution is 5.69. The van der Waals surface area contributed by atoms with Gasteiger partial charge in [0.2, 0.25) is 0 Å². The van der Waals surface area contributed by atoms with Gasteiger partial charge in [-0.15, -0.1) is 0 Å². The number of nitrogens with one attached hydrogen (secondary N) is 2. The monoisotopic (exact) mass is 536 g/mol. The minimum atomic E-state index is -0.915. The van der Waals surface area contributed by atoms with Gasteiger partial charge in [0.1, 0.15) is 6.23 Å². The summed E-state index contributed by atoms with van der Waals surface area (Å²) in [6.07, 6.45) is 0.740. The first-order chi connectivity index (χ1) is 17.9. The third-order valence-corrected chi connectivity index (χ3v) is 5.57. The van der Waals surface area contributed by atoms with Crippen molar-refractivity contribution in [3.63, 3.8) is 0 Å². The maximum absolute atomic E-state index is 11.3. The summed E-state index contributed by atoms with van der Waals surface area (Å²) in [7, 11) is 0. The molecule has 0 radical (unpaired) electrons. The molecule has 0 bridgehead atoms. The van der Waals surface area contributed by atoms with E-state index >= 15 is 0 Å². The van der Waals surface area contributed by atoms with E-state index in [2.05, 4.69) is 10.6 Å². The van der Waals surface area contributed by atoms with E-state index in [-0.39, 0.29) is 19.6 Å². The minimum absolute atomic E-state index is 0.0667. The van der Waals surface area contributed by atoms with E-state index in [1.54, 1.807) is 4.90 Å². The Morgan fingerprint density at radius 1 is 0.811 bits per heavy atom. The van der Waals surface area contributed by atoms with Crippen LogP contribution in [0.5, 0.6) is 0 Å². The number of carboxylic acids is 2. The molecule has 7 N–H and O–H groups in total. The molecule has 0 aliphatic carbocycles. The number of nitrogens with two attached hydrogens (primary N) is 1. The molecule has 0 saturated carbocycles. The van der Waals surface area contributed by atoms with Crippen LogP contribution in [0.25, 0.3) is 0 Å². The largest absolute Gasteiger partial charge is 0.480 e. The molecule has 1 fully saturated rings. The molecule has 14 nitrogen and oxygen atoms in total. The van der Waals surface area contributed by atoms with E-state index in [9.17, 15) is 24.9 Å². The molecule has 14 heteroatoms. The lowest BCUT2D eigenvalue weighted by molar-refractivity contribution is -0.140. The molecule has 218 valence electrons. The van der Waals surface area contributed by atoms with Crippen molar-refractivity contribution in [2.75, 3.05) is 118 Å². The number of carbonyl (C=O) groups is 2. The number of nitrogens with zero attached hydrogens (tertiary/aromatic N) is 3. The van der Waals surface area contributed by atoms with Crippen LogP contribution in [0.15, 0.2) is 0 Å². The second-order valence-corrected chi connectivity index (χ2v) is 8.89. The molecule has 0 aromatic heterocycles. The molecule has 1 aliphatic rings. The Bertz CT molecular complexity index is 591. The van der Waals surface area contributed by atoms with Crippen LogP contribution in [0.2, 0.25) is 0 Å². The van der Waals surface area contributed by atoms with Gasteiger partial charge in [-0.2, -0.15) is 0 Å². The summed E-state index contributed by atoms with van der Waals surface area (Å²) in [5, 5.41) is 35.3. The van der Waals surface area contributed by atoms with Crippen molar-refractivity contribution in [1.82, 2.24) is 25.3 Å². The third kappa shape index (κ3) is 20.2. The predicted octanol–water partition coefficient (Wildman–Crippen LogP) is -2.68. The Morgan fingerprint density at radius 3 is 1.97 bits per heavy atom. The zero-order valence-electron chi connectivity index (χ0n) is 22.0. The highest BCUT2D eigenvalue weighted by atomic mass is 16.5. The quantitative estimate of drug-likeness (QED) is 0.0699. The van der Waals surface area contributed by atoms with Crippen molar-refractivity contribution in [3.8, 4) is 0 Å². The number of ether oxygens (including phenoxy) is 3. The molecule has 1 unspecified atom stereocenters. The molecule has 0 aromatic carbocycles. The molecule has 0 spiro atoms. The molecule has 1 heterocycles. The van der Waals surface area contributed by atoms with Gasteiger partial charge in [0.15, 0.2) is 0 Å². The topological polar surface area (TPSA) is 182 Å². The molecule has 0 amide bonds. The summed E-state index contributed by atoms with van der Waals surface area (Å²) in [5.41, 5.74) is 5.39. The number of aliphatic carboxylic acids is 2. The van der Waals surface area contributed by atoms with E-state index < -0.39 is 18.2 Å². The van der Waals surface area contributed by atoms with Crippen molar-refractivity contribution in [2.24, 2.45) is 5.73 Å². The van der Waals surface area contributed by atoms with Crippen molar-refractivity contribution in [3.05, 3.63) is 0 Å². The lowest BCUT2D eigenvalue weighted by atomic mass is 10.3. The van der Waals surface area contributed by atoms with Crippen LogP contribution >= 0.6 is 0 Å². The predicted molar refractivity (Wildman–Crippen MR) is 137 cm³/mol. The van der Waals surface area contributed by atoms with Gasteiger partial charge in [-0.25, -0.2) is 0 Å². The molecular formula is C23H48N6O8. The van der Waals surface area contributed by atoms with Gasteiger partial charge >= 0.3 is 11.9 Å². The summed E-state index contributed by atoms with van der Waals surface area (Å²) < 4.78 is 16.3. The maximum Gasteiger partial charge on any atom is 0.317 e. The molecule has 1 saturated heterocycles. The number of aliphatic hydroxyl groups is 1. The molecule has 1 rings (SSSR count). The van der Waals surface area contributed by atoms with Crippen molar-refractivity contribution in [1.29, 1.82) is 0 Å². The molecular weight excluding hydrogens is 488 g/mol. The first-order valence-corrected chi connectivity index (χ1v) is 13.1. The van der Waals surface area contributed by atoms with Gasteiger partial charge in [-0.1, -0.05) is 0 Å².